The summed E-state index contributed by atoms with van der Waals surface area (Å²) in [5.41, 5.74) is 2.83. The summed E-state index contributed by atoms with van der Waals surface area (Å²) in [5.74, 6) is -0.549. The number of nitrogens with zero attached hydrogens (tertiary/aromatic N) is 1. The van der Waals surface area contributed by atoms with Crippen LogP contribution in [0.4, 0.5) is 11.4 Å². The second kappa shape index (κ2) is 10.8. The van der Waals surface area contributed by atoms with Gasteiger partial charge in [-0.25, -0.2) is 16.8 Å². The maximum absolute atomic E-state index is 12.6. The number of nitrogens with one attached hydrogen (secondary N) is 2. The summed E-state index contributed by atoms with van der Waals surface area (Å²) >= 11 is 0. The average Bonchev–Trinajstić information content (AvgIpc) is 2.86. The molecule has 0 spiro atoms. The van der Waals surface area contributed by atoms with Crippen LogP contribution in [-0.2, 0) is 30.5 Å². The van der Waals surface area contributed by atoms with Crippen LogP contribution in [-0.4, -0.2) is 53.4 Å². The van der Waals surface area contributed by atoms with Gasteiger partial charge >= 0.3 is 0 Å². The van der Waals surface area contributed by atoms with Gasteiger partial charge in [-0.1, -0.05) is 29.8 Å². The van der Waals surface area contributed by atoms with E-state index in [1.54, 1.807) is 36.4 Å². The Bertz CT molecular complexity index is 1410. The quantitative estimate of drug-likeness (QED) is 0.462. The summed E-state index contributed by atoms with van der Waals surface area (Å²) < 4.78 is 59.5. The van der Waals surface area contributed by atoms with Gasteiger partial charge < -0.3 is 10.1 Å². The van der Waals surface area contributed by atoms with E-state index >= 15 is 0 Å². The third-order valence-electron chi connectivity index (χ3n) is 5.65. The average molecular weight is 530 g/mol. The molecule has 4 rings (SSSR count). The summed E-state index contributed by atoms with van der Waals surface area (Å²) in [6.07, 6.45) is 0. The van der Waals surface area contributed by atoms with Gasteiger partial charge in [-0.3, -0.25) is 9.52 Å². The van der Waals surface area contributed by atoms with E-state index in [0.29, 0.717) is 48.8 Å². The van der Waals surface area contributed by atoms with Gasteiger partial charge in [0.15, 0.2) is 0 Å². The highest BCUT2D eigenvalue weighted by Gasteiger charge is 2.24. The van der Waals surface area contributed by atoms with Gasteiger partial charge in [-0.15, -0.1) is 0 Å². The molecule has 1 fully saturated rings. The number of aryl methyl sites for hydroxylation is 1. The van der Waals surface area contributed by atoms with Crippen LogP contribution in [0.5, 0.6) is 0 Å². The normalized spacial score (nSPS) is 14.8. The Morgan fingerprint density at radius 1 is 0.833 bits per heavy atom. The Kier molecular flexibility index (Phi) is 7.74. The van der Waals surface area contributed by atoms with E-state index in [4.69, 9.17) is 4.74 Å². The fraction of sp³-hybridized carbons (Fsp3) is 0.240. The molecule has 0 aromatic heterocycles. The molecule has 1 aliphatic rings. The standard InChI is InChI=1S/C25H27N3O6S2/c1-19-2-8-23(9-3-19)27-36(32,33)24-12-10-22(11-13-24)26-25(29)21-6-4-20(5-7-21)18-35(30,31)28-14-16-34-17-15-28/h2-13,27H,14-18H2,1H3,(H,26,29). The molecule has 3 aromatic rings. The van der Waals surface area contributed by atoms with Gasteiger partial charge in [0.1, 0.15) is 0 Å². The molecule has 0 saturated carbocycles. The number of ether oxygens (including phenoxy) is 1. The Labute approximate surface area is 211 Å². The van der Waals surface area contributed by atoms with Crippen molar-refractivity contribution in [1.82, 2.24) is 4.31 Å². The third kappa shape index (κ3) is 6.49. The molecule has 0 aliphatic carbocycles. The van der Waals surface area contributed by atoms with E-state index in [2.05, 4.69) is 10.0 Å². The van der Waals surface area contributed by atoms with Crippen molar-refractivity contribution in [3.05, 3.63) is 89.5 Å². The van der Waals surface area contributed by atoms with E-state index in [0.717, 1.165) is 5.56 Å². The highest BCUT2D eigenvalue weighted by molar-refractivity contribution is 7.92. The first kappa shape index (κ1) is 25.8. The molecule has 2 N–H and O–H groups in total. The fourth-order valence-electron chi connectivity index (χ4n) is 3.64. The van der Waals surface area contributed by atoms with Gasteiger partial charge in [0.05, 0.1) is 23.9 Å². The summed E-state index contributed by atoms with van der Waals surface area (Å²) in [7, 11) is -7.23. The molecule has 1 heterocycles. The molecular weight excluding hydrogens is 502 g/mol. The topological polar surface area (TPSA) is 122 Å². The fourth-order valence-corrected chi connectivity index (χ4v) is 6.20. The van der Waals surface area contributed by atoms with Crippen molar-refractivity contribution < 1.29 is 26.4 Å². The summed E-state index contributed by atoms with van der Waals surface area (Å²) in [5, 5.41) is 2.72. The van der Waals surface area contributed by atoms with Crippen LogP contribution in [0, 0.1) is 6.92 Å². The third-order valence-corrected chi connectivity index (χ3v) is 8.90. The van der Waals surface area contributed by atoms with Crippen molar-refractivity contribution in [1.29, 1.82) is 0 Å². The van der Waals surface area contributed by atoms with E-state index in [1.807, 2.05) is 19.1 Å². The molecule has 11 heteroatoms. The lowest BCUT2D eigenvalue weighted by Gasteiger charge is -2.26. The lowest BCUT2D eigenvalue weighted by Crippen LogP contribution is -2.41. The van der Waals surface area contributed by atoms with Crippen LogP contribution in [0.1, 0.15) is 21.5 Å². The zero-order chi connectivity index (χ0) is 25.8. The number of hydrogen-bond donors (Lipinski definition) is 2. The minimum atomic E-state index is -3.77. The molecule has 0 atom stereocenters. The molecular formula is C25H27N3O6S2. The second-order valence-corrected chi connectivity index (χ2v) is 12.1. The maximum atomic E-state index is 12.6. The SMILES string of the molecule is Cc1ccc(NS(=O)(=O)c2ccc(NC(=O)c3ccc(CS(=O)(=O)N4CCOCC4)cc3)cc2)cc1. The molecule has 190 valence electrons. The first-order valence-corrected chi connectivity index (χ1v) is 14.4. The van der Waals surface area contributed by atoms with Crippen LogP contribution < -0.4 is 10.0 Å². The number of benzene rings is 3. The summed E-state index contributed by atoms with van der Waals surface area (Å²) in [6, 6.07) is 19.2. The Morgan fingerprint density at radius 3 is 2.03 bits per heavy atom. The zero-order valence-electron chi connectivity index (χ0n) is 19.7. The van der Waals surface area contributed by atoms with Crippen LogP contribution in [0.2, 0.25) is 0 Å². The molecule has 1 aliphatic heterocycles. The van der Waals surface area contributed by atoms with Gasteiger partial charge in [-0.2, -0.15) is 4.31 Å². The monoisotopic (exact) mass is 529 g/mol. The first-order valence-electron chi connectivity index (χ1n) is 11.3. The maximum Gasteiger partial charge on any atom is 0.261 e. The first-order chi connectivity index (χ1) is 17.1. The minimum absolute atomic E-state index is 0.0619. The zero-order valence-corrected chi connectivity index (χ0v) is 21.3. The van der Waals surface area contributed by atoms with Crippen LogP contribution in [0.25, 0.3) is 0 Å². The van der Waals surface area contributed by atoms with Gasteiger partial charge in [-0.05, 0) is 61.0 Å². The second-order valence-electron chi connectivity index (χ2n) is 8.41. The minimum Gasteiger partial charge on any atom is -0.379 e. The molecule has 0 radical (unpaired) electrons. The van der Waals surface area contributed by atoms with Gasteiger partial charge in [0.2, 0.25) is 10.0 Å². The van der Waals surface area contributed by atoms with Crippen molar-refractivity contribution in [2.24, 2.45) is 0 Å². The molecule has 1 amide bonds. The van der Waals surface area contributed by atoms with E-state index < -0.39 is 26.0 Å². The Hall–Kier alpha value is -3.25. The molecule has 0 bridgehead atoms. The number of carbonyl (C=O) groups excluding carboxylic acids is 1. The van der Waals surface area contributed by atoms with E-state index in [-0.39, 0.29) is 10.6 Å². The highest BCUT2D eigenvalue weighted by atomic mass is 32.2. The van der Waals surface area contributed by atoms with Crippen molar-refractivity contribution >= 4 is 37.3 Å². The number of carbonyl (C=O) groups is 1. The van der Waals surface area contributed by atoms with E-state index in [9.17, 15) is 21.6 Å². The molecule has 3 aromatic carbocycles. The van der Waals surface area contributed by atoms with Crippen LogP contribution >= 0.6 is 0 Å². The predicted octanol–water partition coefficient (Wildman–Crippen LogP) is 3.21. The van der Waals surface area contributed by atoms with Crippen molar-refractivity contribution in [2.75, 3.05) is 36.3 Å². The smallest absolute Gasteiger partial charge is 0.261 e. The van der Waals surface area contributed by atoms with E-state index in [1.165, 1.54) is 28.6 Å². The van der Waals surface area contributed by atoms with Crippen LogP contribution in [0.3, 0.4) is 0 Å². The molecule has 9 nitrogen and oxygen atoms in total. The number of morpholine rings is 1. The number of hydrogen-bond acceptors (Lipinski definition) is 6. The largest absolute Gasteiger partial charge is 0.379 e. The molecule has 36 heavy (non-hydrogen) atoms. The van der Waals surface area contributed by atoms with Gasteiger partial charge in [0.25, 0.3) is 15.9 Å². The molecule has 0 unspecified atom stereocenters. The Balaban J connectivity index is 1.37. The lowest BCUT2D eigenvalue weighted by atomic mass is 10.1. The lowest BCUT2D eigenvalue weighted by molar-refractivity contribution is 0.0729. The predicted molar refractivity (Wildman–Crippen MR) is 138 cm³/mol. The highest BCUT2D eigenvalue weighted by Crippen LogP contribution is 2.20. The number of amides is 1. The summed E-state index contributed by atoms with van der Waals surface area (Å²) in [4.78, 5) is 12.7. The Morgan fingerprint density at radius 2 is 1.42 bits per heavy atom. The van der Waals surface area contributed by atoms with Crippen molar-refractivity contribution in [3.63, 3.8) is 0 Å². The van der Waals surface area contributed by atoms with Gasteiger partial charge in [0, 0.05) is 30.0 Å². The van der Waals surface area contributed by atoms with Crippen molar-refractivity contribution in [3.8, 4) is 0 Å². The molecule has 1 saturated heterocycles. The van der Waals surface area contributed by atoms with Crippen molar-refractivity contribution in [2.45, 2.75) is 17.6 Å². The number of anilines is 2. The number of sulfonamides is 2. The summed E-state index contributed by atoms with van der Waals surface area (Å²) in [6.45, 7) is 3.36. The van der Waals surface area contributed by atoms with Crippen LogP contribution in [0.15, 0.2) is 77.7 Å². The number of rotatable bonds is 8.